The Morgan fingerprint density at radius 1 is 1.35 bits per heavy atom. The zero-order valence-corrected chi connectivity index (χ0v) is 10.2. The van der Waals surface area contributed by atoms with Crippen molar-refractivity contribution in [2.45, 2.75) is 12.5 Å². The van der Waals surface area contributed by atoms with Gasteiger partial charge in [-0.2, -0.15) is 11.8 Å². The van der Waals surface area contributed by atoms with Gasteiger partial charge in [0.25, 0.3) is 5.56 Å². The molecule has 0 radical (unpaired) electrons. The van der Waals surface area contributed by atoms with E-state index < -0.39 is 0 Å². The van der Waals surface area contributed by atoms with Gasteiger partial charge in [0.05, 0.1) is 0 Å². The number of hydrogen-bond donors (Lipinski definition) is 1. The Hall–Kier alpha value is -1.42. The van der Waals surface area contributed by atoms with E-state index in [0.717, 1.165) is 28.7 Å². The second kappa shape index (κ2) is 4.11. The van der Waals surface area contributed by atoms with Crippen LogP contribution in [-0.4, -0.2) is 16.1 Å². The highest BCUT2D eigenvalue weighted by molar-refractivity contribution is 7.99. The largest absolute Gasteiger partial charge is 0.385 e. The molecule has 1 aromatic heterocycles. The van der Waals surface area contributed by atoms with Gasteiger partial charge in [-0.15, -0.1) is 0 Å². The molecule has 1 fully saturated rings. The second-order valence-corrected chi connectivity index (χ2v) is 5.50. The van der Waals surface area contributed by atoms with Crippen molar-refractivity contribution < 1.29 is 0 Å². The first-order valence-corrected chi connectivity index (χ1v) is 6.90. The summed E-state index contributed by atoms with van der Waals surface area (Å²) in [5, 5.41) is 1.69. The summed E-state index contributed by atoms with van der Waals surface area (Å²) in [4.78, 5) is 12.4. The number of fused-ring (bicyclic) bond motifs is 1. The molecular weight excluding hydrogens is 232 g/mol. The summed E-state index contributed by atoms with van der Waals surface area (Å²) in [6, 6.07) is 9.79. The highest BCUT2D eigenvalue weighted by Gasteiger charge is 2.21. The molecule has 2 heterocycles. The molecule has 88 valence electrons. The van der Waals surface area contributed by atoms with E-state index in [4.69, 9.17) is 5.73 Å². The highest BCUT2D eigenvalue weighted by atomic mass is 32.2. The summed E-state index contributed by atoms with van der Waals surface area (Å²) in [5.41, 5.74) is 6.07. The Bertz CT molecular complexity index is 614. The first kappa shape index (κ1) is 10.7. The van der Waals surface area contributed by atoms with Crippen molar-refractivity contribution in [3.8, 4) is 0 Å². The number of benzene rings is 1. The lowest BCUT2D eigenvalue weighted by Gasteiger charge is -2.16. The minimum Gasteiger partial charge on any atom is -0.385 e. The van der Waals surface area contributed by atoms with Crippen LogP contribution >= 0.6 is 11.8 Å². The Labute approximate surface area is 104 Å². The lowest BCUT2D eigenvalue weighted by atomic mass is 10.1. The minimum atomic E-state index is 0.0492. The standard InChI is InChI=1S/C13H14N2OS/c14-12-7-9-3-1-2-4-11(9)13(16)15(12)10-5-6-17-8-10/h1-4,7,10H,5-6,8,14H2. The number of pyridine rings is 1. The van der Waals surface area contributed by atoms with E-state index in [1.165, 1.54) is 0 Å². The van der Waals surface area contributed by atoms with E-state index >= 15 is 0 Å². The van der Waals surface area contributed by atoms with Crippen LogP contribution in [0.4, 0.5) is 5.82 Å². The van der Waals surface area contributed by atoms with Crippen LogP contribution in [0.5, 0.6) is 0 Å². The van der Waals surface area contributed by atoms with E-state index in [1.807, 2.05) is 42.1 Å². The van der Waals surface area contributed by atoms with Crippen LogP contribution in [0.3, 0.4) is 0 Å². The number of nitrogen functional groups attached to an aromatic ring is 1. The molecule has 4 heteroatoms. The van der Waals surface area contributed by atoms with E-state index in [9.17, 15) is 4.79 Å². The van der Waals surface area contributed by atoms with Gasteiger partial charge in [0.1, 0.15) is 5.82 Å². The van der Waals surface area contributed by atoms with Crippen molar-refractivity contribution in [1.29, 1.82) is 0 Å². The first-order valence-electron chi connectivity index (χ1n) is 5.75. The third-order valence-corrected chi connectivity index (χ3v) is 4.41. The molecule has 3 nitrogen and oxygen atoms in total. The Morgan fingerprint density at radius 2 is 2.18 bits per heavy atom. The second-order valence-electron chi connectivity index (χ2n) is 4.35. The van der Waals surface area contributed by atoms with Gasteiger partial charge in [0.2, 0.25) is 0 Å². The number of nitrogens with two attached hydrogens (primary N) is 1. The highest BCUT2D eigenvalue weighted by Crippen LogP contribution is 2.29. The molecule has 2 aromatic rings. The van der Waals surface area contributed by atoms with Gasteiger partial charge in [-0.1, -0.05) is 18.2 Å². The Balaban J connectivity index is 2.27. The van der Waals surface area contributed by atoms with Gasteiger partial charge in [0, 0.05) is 17.2 Å². The lowest BCUT2D eigenvalue weighted by molar-refractivity contribution is 0.553. The SMILES string of the molecule is Nc1cc2ccccc2c(=O)n1C1CCSC1. The lowest BCUT2D eigenvalue weighted by Crippen LogP contribution is -2.27. The maximum atomic E-state index is 12.4. The van der Waals surface area contributed by atoms with Gasteiger partial charge in [-0.05, 0) is 29.7 Å². The molecule has 1 saturated heterocycles. The smallest absolute Gasteiger partial charge is 0.260 e. The summed E-state index contributed by atoms with van der Waals surface area (Å²) < 4.78 is 1.77. The van der Waals surface area contributed by atoms with Crippen molar-refractivity contribution in [3.05, 3.63) is 40.7 Å². The van der Waals surface area contributed by atoms with Crippen molar-refractivity contribution in [3.63, 3.8) is 0 Å². The zero-order valence-electron chi connectivity index (χ0n) is 9.43. The quantitative estimate of drug-likeness (QED) is 0.839. The predicted octanol–water partition coefficient (Wildman–Crippen LogP) is 2.26. The molecular formula is C13H14N2OS. The molecule has 1 unspecified atom stereocenters. The van der Waals surface area contributed by atoms with Crippen LogP contribution in [0.15, 0.2) is 35.1 Å². The van der Waals surface area contributed by atoms with Crippen molar-refractivity contribution in [1.82, 2.24) is 4.57 Å². The van der Waals surface area contributed by atoms with Gasteiger partial charge in [-0.3, -0.25) is 9.36 Å². The van der Waals surface area contributed by atoms with Crippen LogP contribution in [0.2, 0.25) is 0 Å². The van der Waals surface area contributed by atoms with Crippen LogP contribution in [0.25, 0.3) is 10.8 Å². The molecule has 0 spiro atoms. The topological polar surface area (TPSA) is 48.0 Å². The van der Waals surface area contributed by atoms with Crippen LogP contribution in [0.1, 0.15) is 12.5 Å². The summed E-state index contributed by atoms with van der Waals surface area (Å²) in [5.74, 6) is 2.69. The monoisotopic (exact) mass is 246 g/mol. The van der Waals surface area contributed by atoms with E-state index in [0.29, 0.717) is 5.82 Å². The van der Waals surface area contributed by atoms with Crippen molar-refractivity contribution >= 4 is 28.4 Å². The van der Waals surface area contributed by atoms with E-state index in [2.05, 4.69) is 0 Å². The summed E-state index contributed by atoms with van der Waals surface area (Å²) in [6.07, 6.45) is 1.03. The fraction of sp³-hybridized carbons (Fsp3) is 0.308. The average Bonchev–Trinajstić information content (AvgIpc) is 2.83. The third kappa shape index (κ3) is 1.72. The average molecular weight is 246 g/mol. The molecule has 1 atom stereocenters. The number of nitrogens with zero attached hydrogens (tertiary/aromatic N) is 1. The summed E-state index contributed by atoms with van der Waals surface area (Å²) >= 11 is 1.88. The normalized spacial score (nSPS) is 19.9. The minimum absolute atomic E-state index is 0.0492. The Morgan fingerprint density at radius 3 is 2.94 bits per heavy atom. The summed E-state index contributed by atoms with van der Waals surface area (Å²) in [6.45, 7) is 0. The predicted molar refractivity (Wildman–Crippen MR) is 73.6 cm³/mol. The molecule has 0 amide bonds. The van der Waals surface area contributed by atoms with E-state index in [-0.39, 0.29) is 11.6 Å². The van der Waals surface area contributed by atoms with Crippen LogP contribution < -0.4 is 11.3 Å². The first-order chi connectivity index (χ1) is 8.27. The molecule has 1 aliphatic heterocycles. The zero-order chi connectivity index (χ0) is 11.8. The van der Waals surface area contributed by atoms with Gasteiger partial charge in [0.15, 0.2) is 0 Å². The number of rotatable bonds is 1. The van der Waals surface area contributed by atoms with Gasteiger partial charge < -0.3 is 5.73 Å². The van der Waals surface area contributed by atoms with Crippen molar-refractivity contribution in [2.24, 2.45) is 0 Å². The van der Waals surface area contributed by atoms with Gasteiger partial charge in [-0.25, -0.2) is 0 Å². The molecule has 1 aliphatic rings. The molecule has 0 bridgehead atoms. The summed E-state index contributed by atoms with van der Waals surface area (Å²) in [7, 11) is 0. The molecule has 1 aromatic carbocycles. The van der Waals surface area contributed by atoms with Crippen molar-refractivity contribution in [2.75, 3.05) is 17.2 Å². The maximum Gasteiger partial charge on any atom is 0.260 e. The fourth-order valence-electron chi connectivity index (χ4n) is 2.40. The van der Waals surface area contributed by atoms with Crippen LogP contribution in [-0.2, 0) is 0 Å². The number of aromatic nitrogens is 1. The Kier molecular flexibility index (Phi) is 2.59. The number of thioether (sulfide) groups is 1. The molecule has 3 rings (SSSR count). The fourth-order valence-corrected chi connectivity index (χ4v) is 3.59. The number of hydrogen-bond acceptors (Lipinski definition) is 3. The molecule has 2 N–H and O–H groups in total. The molecule has 17 heavy (non-hydrogen) atoms. The maximum absolute atomic E-state index is 12.4. The molecule has 0 saturated carbocycles. The van der Waals surface area contributed by atoms with Crippen LogP contribution in [0, 0.1) is 0 Å². The van der Waals surface area contributed by atoms with E-state index in [1.54, 1.807) is 4.57 Å². The number of anilines is 1. The molecule has 0 aliphatic carbocycles. The van der Waals surface area contributed by atoms with Gasteiger partial charge >= 0.3 is 0 Å². The third-order valence-electron chi connectivity index (χ3n) is 3.26.